The first-order valence-corrected chi connectivity index (χ1v) is 10.7. The number of likely N-dealkylation sites (tertiary alicyclic amines) is 2. The molecular formula is C22H28N6O3. The van der Waals surface area contributed by atoms with Crippen LogP contribution in [0.3, 0.4) is 0 Å². The van der Waals surface area contributed by atoms with Crippen molar-refractivity contribution in [1.82, 2.24) is 20.1 Å². The molecular weight excluding hydrogens is 396 g/mol. The minimum Gasteiger partial charge on any atom is -0.388 e. The Labute approximate surface area is 180 Å². The molecule has 0 saturated carbocycles. The highest BCUT2D eigenvalue weighted by Crippen LogP contribution is 2.39. The number of nitrogens with zero attached hydrogens (tertiary/aromatic N) is 2. The summed E-state index contributed by atoms with van der Waals surface area (Å²) >= 11 is 0. The maximum atomic E-state index is 13.4. The van der Waals surface area contributed by atoms with Gasteiger partial charge in [-0.2, -0.15) is 0 Å². The van der Waals surface area contributed by atoms with Crippen molar-refractivity contribution in [2.45, 2.75) is 44.2 Å². The molecule has 4 rings (SSSR count). The van der Waals surface area contributed by atoms with Gasteiger partial charge >= 0.3 is 6.03 Å². The van der Waals surface area contributed by atoms with Crippen molar-refractivity contribution in [1.29, 1.82) is 5.41 Å². The number of aromatic amines is 1. The number of H-pyrrole nitrogens is 1. The van der Waals surface area contributed by atoms with Crippen LogP contribution in [0.15, 0.2) is 30.3 Å². The second-order valence-corrected chi connectivity index (χ2v) is 8.26. The molecule has 3 atom stereocenters. The minimum atomic E-state index is -0.440. The molecule has 9 nitrogen and oxygen atoms in total. The minimum absolute atomic E-state index is 0.124. The van der Waals surface area contributed by atoms with Crippen molar-refractivity contribution in [2.24, 2.45) is 11.7 Å². The van der Waals surface area contributed by atoms with Crippen LogP contribution in [0.25, 0.3) is 10.9 Å². The average molecular weight is 425 g/mol. The lowest BCUT2D eigenvalue weighted by Gasteiger charge is -2.27. The number of rotatable bonds is 6. The van der Waals surface area contributed by atoms with Gasteiger partial charge in [0.25, 0.3) is 5.91 Å². The van der Waals surface area contributed by atoms with Gasteiger partial charge in [-0.1, -0.05) is 24.6 Å². The molecule has 164 valence electrons. The van der Waals surface area contributed by atoms with Gasteiger partial charge in [0.1, 0.15) is 5.69 Å². The van der Waals surface area contributed by atoms with Gasteiger partial charge in [0.2, 0.25) is 5.91 Å². The van der Waals surface area contributed by atoms with Gasteiger partial charge in [0.15, 0.2) is 0 Å². The highest BCUT2D eigenvalue weighted by molar-refractivity contribution is 6.01. The number of amides is 4. The molecule has 2 aliphatic rings. The van der Waals surface area contributed by atoms with Gasteiger partial charge in [0, 0.05) is 30.9 Å². The van der Waals surface area contributed by atoms with Crippen LogP contribution < -0.4 is 11.1 Å². The van der Waals surface area contributed by atoms with Crippen LogP contribution >= 0.6 is 0 Å². The van der Waals surface area contributed by atoms with Gasteiger partial charge in [-0.05, 0) is 31.4 Å². The number of hydrogen-bond donors (Lipinski definition) is 4. The van der Waals surface area contributed by atoms with E-state index in [0.29, 0.717) is 44.3 Å². The van der Waals surface area contributed by atoms with E-state index in [1.807, 2.05) is 30.3 Å². The number of urea groups is 1. The van der Waals surface area contributed by atoms with E-state index < -0.39 is 11.9 Å². The van der Waals surface area contributed by atoms with Gasteiger partial charge < -0.3 is 20.9 Å². The first kappa shape index (κ1) is 20.9. The molecule has 1 aromatic heterocycles. The largest absolute Gasteiger partial charge is 0.388 e. The molecule has 0 spiro atoms. The maximum absolute atomic E-state index is 13.4. The van der Waals surface area contributed by atoms with E-state index >= 15 is 0 Å². The molecule has 0 bridgehead atoms. The summed E-state index contributed by atoms with van der Waals surface area (Å²) in [6.07, 6.45) is 3.00. The Balaban J connectivity index is 1.59. The second-order valence-electron chi connectivity index (χ2n) is 8.26. The first-order valence-electron chi connectivity index (χ1n) is 10.7. The lowest BCUT2D eigenvalue weighted by atomic mass is 9.92. The van der Waals surface area contributed by atoms with Crippen LogP contribution in [0.4, 0.5) is 4.79 Å². The molecule has 5 N–H and O–H groups in total. The van der Waals surface area contributed by atoms with Gasteiger partial charge in [-0.15, -0.1) is 0 Å². The van der Waals surface area contributed by atoms with Crippen molar-refractivity contribution < 1.29 is 14.4 Å². The van der Waals surface area contributed by atoms with E-state index in [2.05, 4.69) is 10.3 Å². The zero-order chi connectivity index (χ0) is 22.1. The lowest BCUT2D eigenvalue weighted by molar-refractivity contribution is -0.129. The SMILES string of the molecule is CNC(=O)N1C(=O)[C@H](CCCCC(=N)N)[C@@H]2[C@@H]1CCN2C(=O)c1cc2ccccc2[nH]1. The smallest absolute Gasteiger partial charge is 0.324 e. The standard InChI is InChI=1S/C22H28N6O3/c1-25-22(31)28-17-10-11-27(19(17)14(20(28)29)7-3-5-9-18(23)24)21(30)16-12-13-6-2-4-8-15(13)26-16/h2,4,6,8,12,14,17,19,26H,3,5,7,9-11H2,1H3,(H3,23,24)(H,25,31)/t14-,17+,19-/m1/s1. The summed E-state index contributed by atoms with van der Waals surface area (Å²) in [4.78, 5) is 45.2. The topological polar surface area (TPSA) is 135 Å². The number of nitrogens with one attached hydrogen (secondary N) is 3. The molecule has 2 saturated heterocycles. The summed E-state index contributed by atoms with van der Waals surface area (Å²) in [5.41, 5.74) is 6.81. The van der Waals surface area contributed by atoms with E-state index in [1.54, 1.807) is 4.90 Å². The fraction of sp³-hybridized carbons (Fsp3) is 0.455. The summed E-state index contributed by atoms with van der Waals surface area (Å²) in [7, 11) is 1.51. The molecule has 2 aliphatic heterocycles. The number of nitrogens with two attached hydrogens (primary N) is 1. The van der Waals surface area contributed by atoms with Crippen molar-refractivity contribution in [3.63, 3.8) is 0 Å². The summed E-state index contributed by atoms with van der Waals surface area (Å²) in [6, 6.07) is 8.44. The van der Waals surface area contributed by atoms with E-state index in [-0.39, 0.29) is 29.7 Å². The highest BCUT2D eigenvalue weighted by Gasteiger charge is 2.56. The third-order valence-electron chi connectivity index (χ3n) is 6.38. The molecule has 2 aromatic rings. The molecule has 2 fully saturated rings. The number of imide groups is 1. The Bertz CT molecular complexity index is 998. The van der Waals surface area contributed by atoms with Gasteiger partial charge in [0.05, 0.1) is 23.8 Å². The predicted octanol–water partition coefficient (Wildman–Crippen LogP) is 2.05. The Hall–Kier alpha value is -3.36. The fourth-order valence-corrected chi connectivity index (χ4v) is 4.98. The molecule has 9 heteroatoms. The van der Waals surface area contributed by atoms with Crippen LogP contribution in [0.1, 0.15) is 42.6 Å². The second kappa shape index (κ2) is 8.41. The molecule has 0 radical (unpaired) electrons. The van der Waals surface area contributed by atoms with Crippen molar-refractivity contribution >= 4 is 34.6 Å². The van der Waals surface area contributed by atoms with Crippen molar-refractivity contribution in [3.05, 3.63) is 36.0 Å². The molecule has 0 unspecified atom stereocenters. The van der Waals surface area contributed by atoms with E-state index in [0.717, 1.165) is 10.9 Å². The molecule has 1 aromatic carbocycles. The third kappa shape index (κ3) is 3.75. The zero-order valence-corrected chi connectivity index (χ0v) is 17.6. The fourth-order valence-electron chi connectivity index (χ4n) is 4.98. The van der Waals surface area contributed by atoms with E-state index in [4.69, 9.17) is 11.1 Å². The number of benzene rings is 1. The average Bonchev–Trinajstić information content (AvgIpc) is 3.43. The molecule has 4 amide bonds. The van der Waals surface area contributed by atoms with Crippen LogP contribution in [0, 0.1) is 11.3 Å². The molecule has 0 aliphatic carbocycles. The summed E-state index contributed by atoms with van der Waals surface area (Å²) < 4.78 is 0. The number of para-hydroxylation sites is 1. The number of aromatic nitrogens is 1. The summed E-state index contributed by atoms with van der Waals surface area (Å²) in [5, 5.41) is 10.9. The van der Waals surface area contributed by atoms with Crippen LogP contribution in [-0.4, -0.2) is 64.1 Å². The number of unbranched alkanes of at least 4 members (excludes halogenated alkanes) is 1. The van der Waals surface area contributed by atoms with E-state index in [9.17, 15) is 14.4 Å². The number of hydrogen-bond acceptors (Lipinski definition) is 4. The summed E-state index contributed by atoms with van der Waals surface area (Å²) in [5.74, 6) is -0.695. The third-order valence-corrected chi connectivity index (χ3v) is 6.38. The maximum Gasteiger partial charge on any atom is 0.324 e. The van der Waals surface area contributed by atoms with Crippen LogP contribution in [0.2, 0.25) is 0 Å². The number of amidine groups is 1. The Morgan fingerprint density at radius 2 is 2.06 bits per heavy atom. The van der Waals surface area contributed by atoms with Crippen LogP contribution in [-0.2, 0) is 4.79 Å². The monoisotopic (exact) mass is 424 g/mol. The van der Waals surface area contributed by atoms with Crippen molar-refractivity contribution in [3.8, 4) is 0 Å². The van der Waals surface area contributed by atoms with Crippen molar-refractivity contribution in [2.75, 3.05) is 13.6 Å². The Morgan fingerprint density at radius 3 is 2.77 bits per heavy atom. The first-order chi connectivity index (χ1) is 14.9. The van der Waals surface area contributed by atoms with Gasteiger partial charge in [-0.3, -0.25) is 19.9 Å². The summed E-state index contributed by atoms with van der Waals surface area (Å²) in [6.45, 7) is 0.494. The lowest BCUT2D eigenvalue weighted by Crippen LogP contribution is -2.45. The zero-order valence-electron chi connectivity index (χ0n) is 17.6. The Morgan fingerprint density at radius 1 is 1.29 bits per heavy atom. The number of carbonyl (C=O) groups is 3. The normalized spacial score (nSPS) is 22.7. The molecule has 3 heterocycles. The predicted molar refractivity (Wildman–Crippen MR) is 117 cm³/mol. The Kier molecular flexibility index (Phi) is 5.67. The number of fused-ring (bicyclic) bond motifs is 2. The highest BCUT2D eigenvalue weighted by atomic mass is 16.2. The van der Waals surface area contributed by atoms with Gasteiger partial charge in [-0.25, -0.2) is 4.79 Å². The quantitative estimate of drug-likeness (QED) is 0.320. The molecule has 31 heavy (non-hydrogen) atoms. The van der Waals surface area contributed by atoms with E-state index in [1.165, 1.54) is 11.9 Å². The number of carbonyl (C=O) groups excluding carboxylic acids is 3. The van der Waals surface area contributed by atoms with Crippen LogP contribution in [0.5, 0.6) is 0 Å².